The van der Waals surface area contributed by atoms with Crippen LogP contribution in [0.25, 0.3) is 0 Å². The fraction of sp³-hybridized carbons (Fsp3) is 0.467. The predicted octanol–water partition coefficient (Wildman–Crippen LogP) is 3.03. The Morgan fingerprint density at radius 2 is 1.87 bits per heavy atom. The van der Waals surface area contributed by atoms with Crippen molar-refractivity contribution in [1.29, 1.82) is 0 Å². The van der Waals surface area contributed by atoms with E-state index in [9.17, 15) is 0 Å². The van der Waals surface area contributed by atoms with Gasteiger partial charge in [-0.1, -0.05) is 35.7 Å². The van der Waals surface area contributed by atoms with Crippen LogP contribution in [0, 0.1) is 0 Å². The standard InChI is InChI=1S/C15H19Cl2N5O/c16-11-5-4-10(8-12(11)17)9-23-22-14(19)20-13(18)21-15(22)6-2-1-3-7-15/h4-5,8H,1-3,6-7,9H2,(H4,18,19,20,21). The summed E-state index contributed by atoms with van der Waals surface area (Å²) in [6.07, 6.45) is 4.96. The van der Waals surface area contributed by atoms with Gasteiger partial charge >= 0.3 is 0 Å². The number of guanidine groups is 2. The van der Waals surface area contributed by atoms with Gasteiger partial charge in [-0.2, -0.15) is 10.1 Å². The van der Waals surface area contributed by atoms with E-state index < -0.39 is 5.66 Å². The van der Waals surface area contributed by atoms with E-state index in [1.807, 2.05) is 6.07 Å². The number of nitrogens with zero attached hydrogens (tertiary/aromatic N) is 3. The molecule has 0 radical (unpaired) electrons. The Hall–Kier alpha value is -1.50. The number of rotatable bonds is 3. The molecule has 0 amide bonds. The van der Waals surface area contributed by atoms with Gasteiger partial charge in [0.05, 0.1) is 10.0 Å². The zero-order valence-electron chi connectivity index (χ0n) is 12.6. The van der Waals surface area contributed by atoms with Crippen molar-refractivity contribution in [3.05, 3.63) is 33.8 Å². The molecule has 23 heavy (non-hydrogen) atoms. The second-order valence-corrected chi connectivity index (χ2v) is 6.61. The van der Waals surface area contributed by atoms with Gasteiger partial charge in [0.1, 0.15) is 6.61 Å². The van der Waals surface area contributed by atoms with Crippen molar-refractivity contribution in [2.45, 2.75) is 44.4 Å². The molecule has 3 rings (SSSR count). The summed E-state index contributed by atoms with van der Waals surface area (Å²) >= 11 is 12.0. The van der Waals surface area contributed by atoms with Gasteiger partial charge in [-0.25, -0.2) is 4.99 Å². The lowest BCUT2D eigenvalue weighted by molar-refractivity contribution is -0.186. The van der Waals surface area contributed by atoms with Crippen LogP contribution in [0.5, 0.6) is 0 Å². The fourth-order valence-corrected chi connectivity index (χ4v) is 3.37. The molecule has 0 bridgehead atoms. The van der Waals surface area contributed by atoms with Gasteiger partial charge < -0.3 is 11.5 Å². The van der Waals surface area contributed by atoms with E-state index in [2.05, 4.69) is 9.98 Å². The summed E-state index contributed by atoms with van der Waals surface area (Å²) < 4.78 is 0. The molecule has 4 N–H and O–H groups in total. The Labute approximate surface area is 145 Å². The van der Waals surface area contributed by atoms with E-state index in [1.165, 1.54) is 6.42 Å². The molecule has 124 valence electrons. The van der Waals surface area contributed by atoms with Gasteiger partial charge in [0.15, 0.2) is 5.66 Å². The summed E-state index contributed by atoms with van der Waals surface area (Å²) in [5.74, 6) is 0.443. The zero-order chi connectivity index (χ0) is 16.4. The highest BCUT2D eigenvalue weighted by molar-refractivity contribution is 6.42. The smallest absolute Gasteiger partial charge is 0.226 e. The number of hydrogen-bond donors (Lipinski definition) is 2. The number of hydrogen-bond acceptors (Lipinski definition) is 6. The van der Waals surface area contributed by atoms with Crippen LogP contribution in [0.1, 0.15) is 37.7 Å². The minimum atomic E-state index is -0.551. The van der Waals surface area contributed by atoms with Crippen LogP contribution in [0.15, 0.2) is 28.2 Å². The molecule has 1 aliphatic heterocycles. The summed E-state index contributed by atoms with van der Waals surface area (Å²) in [6, 6.07) is 5.37. The van der Waals surface area contributed by atoms with Crippen molar-refractivity contribution >= 4 is 35.1 Å². The van der Waals surface area contributed by atoms with Gasteiger partial charge in [0, 0.05) is 0 Å². The summed E-state index contributed by atoms with van der Waals surface area (Å²) in [5, 5.41) is 2.60. The Kier molecular flexibility index (Phi) is 4.66. The molecule has 6 nitrogen and oxygen atoms in total. The van der Waals surface area contributed by atoms with Gasteiger partial charge in [-0.05, 0) is 43.4 Å². The quantitative estimate of drug-likeness (QED) is 0.871. The highest BCUT2D eigenvalue weighted by Gasteiger charge is 2.43. The van der Waals surface area contributed by atoms with Crippen molar-refractivity contribution in [2.24, 2.45) is 21.5 Å². The monoisotopic (exact) mass is 355 g/mol. The minimum absolute atomic E-state index is 0.207. The van der Waals surface area contributed by atoms with Crippen LogP contribution >= 0.6 is 23.2 Å². The van der Waals surface area contributed by atoms with Crippen LogP contribution in [0.3, 0.4) is 0 Å². The first-order valence-corrected chi connectivity index (χ1v) is 8.32. The molecule has 0 unspecified atom stereocenters. The molecule has 8 heteroatoms. The highest BCUT2D eigenvalue weighted by Crippen LogP contribution is 2.37. The molecule has 1 spiro atoms. The van der Waals surface area contributed by atoms with E-state index in [0.29, 0.717) is 16.7 Å². The third-order valence-corrected chi connectivity index (χ3v) is 4.88. The fourth-order valence-electron chi connectivity index (χ4n) is 3.05. The lowest BCUT2D eigenvalue weighted by Gasteiger charge is -2.44. The van der Waals surface area contributed by atoms with Crippen LogP contribution in [-0.4, -0.2) is 22.6 Å². The van der Waals surface area contributed by atoms with Crippen molar-refractivity contribution in [2.75, 3.05) is 0 Å². The number of benzene rings is 1. The van der Waals surface area contributed by atoms with Gasteiger partial charge in [0.25, 0.3) is 0 Å². The number of nitrogens with two attached hydrogens (primary N) is 2. The summed E-state index contributed by atoms with van der Waals surface area (Å²) in [5.41, 5.74) is 12.2. The maximum Gasteiger partial charge on any atom is 0.226 e. The van der Waals surface area contributed by atoms with E-state index in [0.717, 1.165) is 31.2 Å². The molecule has 1 saturated carbocycles. The summed E-state index contributed by atoms with van der Waals surface area (Å²) in [6.45, 7) is 0.296. The minimum Gasteiger partial charge on any atom is -0.368 e. The normalized spacial score (nSPS) is 20.3. The molecule has 1 fully saturated rings. The van der Waals surface area contributed by atoms with Gasteiger partial charge in [-0.3, -0.25) is 4.84 Å². The molecule has 1 aromatic carbocycles. The molecular weight excluding hydrogens is 337 g/mol. The SMILES string of the molecule is NC1=NC2(CCCCC2)N(OCc2ccc(Cl)c(Cl)c2)C(N)=N1. The topological polar surface area (TPSA) is 89.2 Å². The second-order valence-electron chi connectivity index (χ2n) is 5.80. The average molecular weight is 356 g/mol. The van der Waals surface area contributed by atoms with Gasteiger partial charge in [-0.15, -0.1) is 0 Å². The maximum atomic E-state index is 6.04. The van der Waals surface area contributed by atoms with Crippen molar-refractivity contribution in [3.63, 3.8) is 0 Å². The van der Waals surface area contributed by atoms with Crippen LogP contribution in [-0.2, 0) is 11.4 Å². The molecule has 1 aliphatic carbocycles. The Morgan fingerprint density at radius 3 is 2.57 bits per heavy atom. The third-order valence-electron chi connectivity index (χ3n) is 4.14. The number of aliphatic imine (C=N–C) groups is 2. The molecule has 1 heterocycles. The average Bonchev–Trinajstić information content (AvgIpc) is 2.50. The number of halogens is 2. The molecule has 1 aromatic rings. The Bertz CT molecular complexity index is 655. The van der Waals surface area contributed by atoms with Crippen LogP contribution in [0.2, 0.25) is 10.0 Å². The predicted molar refractivity (Wildman–Crippen MR) is 92.2 cm³/mol. The van der Waals surface area contributed by atoms with E-state index in [-0.39, 0.29) is 11.9 Å². The Morgan fingerprint density at radius 1 is 1.13 bits per heavy atom. The molecule has 2 aliphatic rings. The first kappa shape index (κ1) is 16.4. The molecule has 0 saturated heterocycles. The first-order valence-electron chi connectivity index (χ1n) is 7.57. The summed E-state index contributed by atoms with van der Waals surface area (Å²) in [4.78, 5) is 14.5. The second kappa shape index (κ2) is 6.55. The zero-order valence-corrected chi connectivity index (χ0v) is 14.1. The van der Waals surface area contributed by atoms with Gasteiger partial charge in [0.2, 0.25) is 11.9 Å². The van der Waals surface area contributed by atoms with E-state index in [1.54, 1.807) is 17.2 Å². The molecule has 0 atom stereocenters. The number of hydroxylamine groups is 2. The summed E-state index contributed by atoms with van der Waals surface area (Å²) in [7, 11) is 0. The van der Waals surface area contributed by atoms with E-state index in [4.69, 9.17) is 39.5 Å². The van der Waals surface area contributed by atoms with Crippen molar-refractivity contribution in [3.8, 4) is 0 Å². The highest BCUT2D eigenvalue weighted by atomic mass is 35.5. The first-order chi connectivity index (χ1) is 11.0. The Balaban J connectivity index is 1.78. The molecule has 0 aromatic heterocycles. The largest absolute Gasteiger partial charge is 0.368 e. The van der Waals surface area contributed by atoms with Crippen LogP contribution in [0.4, 0.5) is 0 Å². The third kappa shape index (κ3) is 3.39. The van der Waals surface area contributed by atoms with E-state index >= 15 is 0 Å². The van der Waals surface area contributed by atoms with Crippen LogP contribution < -0.4 is 11.5 Å². The molecular formula is C15H19Cl2N5O. The lowest BCUT2D eigenvalue weighted by Crippen LogP contribution is -2.57. The maximum absolute atomic E-state index is 6.04. The lowest BCUT2D eigenvalue weighted by atomic mass is 9.89. The van der Waals surface area contributed by atoms with Crippen molar-refractivity contribution < 1.29 is 4.84 Å². The van der Waals surface area contributed by atoms with Crippen molar-refractivity contribution in [1.82, 2.24) is 5.06 Å².